The second-order valence-corrected chi connectivity index (χ2v) is 7.37. The van der Waals surface area contributed by atoms with E-state index in [1.165, 1.54) is 0 Å². The fraction of sp³-hybridized carbons (Fsp3) is 0.529. The number of tetrazole rings is 1. The summed E-state index contributed by atoms with van der Waals surface area (Å²) in [6.45, 7) is 5.95. The zero-order valence-corrected chi connectivity index (χ0v) is 14.6. The van der Waals surface area contributed by atoms with E-state index in [-0.39, 0.29) is 17.7 Å². The summed E-state index contributed by atoms with van der Waals surface area (Å²) >= 11 is 0. The Labute approximate surface area is 145 Å². The fourth-order valence-corrected chi connectivity index (χ4v) is 3.20. The first-order chi connectivity index (χ1) is 11.9. The Balaban J connectivity index is 1.45. The molecule has 2 aromatic rings. The van der Waals surface area contributed by atoms with Crippen molar-refractivity contribution in [3.63, 3.8) is 0 Å². The molecular weight excluding hydrogens is 320 g/mol. The van der Waals surface area contributed by atoms with E-state index in [9.17, 15) is 4.79 Å². The highest BCUT2D eigenvalue weighted by molar-refractivity contribution is 5.91. The van der Waals surface area contributed by atoms with Crippen LogP contribution in [-0.4, -0.2) is 31.8 Å². The predicted molar refractivity (Wildman–Crippen MR) is 91.5 cm³/mol. The number of fused-ring (bicyclic) bond motifs is 1. The van der Waals surface area contributed by atoms with Crippen molar-refractivity contribution in [3.05, 3.63) is 29.6 Å². The van der Waals surface area contributed by atoms with Gasteiger partial charge in [0.05, 0.1) is 17.8 Å². The third-order valence-corrected chi connectivity index (χ3v) is 4.49. The first kappa shape index (κ1) is 15.9. The van der Waals surface area contributed by atoms with E-state index >= 15 is 0 Å². The van der Waals surface area contributed by atoms with E-state index in [1.54, 1.807) is 4.68 Å². The SMILES string of the molecule is C[C@@H](NC(=O)Nc1cccc2c1OC(C)(C)C2)c1nnnn1C1CC1. The molecule has 1 atom stereocenters. The molecule has 8 nitrogen and oxygen atoms in total. The third kappa shape index (κ3) is 3.16. The minimum atomic E-state index is -0.306. The van der Waals surface area contributed by atoms with Gasteiger partial charge in [-0.2, -0.15) is 0 Å². The van der Waals surface area contributed by atoms with Gasteiger partial charge in [0.15, 0.2) is 5.82 Å². The largest absolute Gasteiger partial charge is 0.485 e. The first-order valence-electron chi connectivity index (χ1n) is 8.59. The molecule has 4 rings (SSSR count). The van der Waals surface area contributed by atoms with Crippen molar-refractivity contribution in [3.8, 4) is 5.75 Å². The molecule has 1 fully saturated rings. The molecule has 1 saturated carbocycles. The molecule has 1 aliphatic carbocycles. The standard InChI is InChI=1S/C17H22N6O2/c1-10(15-20-21-22-23(15)12-7-8-12)18-16(24)19-13-6-4-5-11-9-17(2,3)25-14(11)13/h4-6,10,12H,7-9H2,1-3H3,(H2,18,19,24)/t10-/m1/s1. The molecule has 0 radical (unpaired) electrons. The number of urea groups is 1. The van der Waals surface area contributed by atoms with Crippen LogP contribution in [0, 0.1) is 0 Å². The van der Waals surface area contributed by atoms with Crippen LogP contribution < -0.4 is 15.4 Å². The highest BCUT2D eigenvalue weighted by Crippen LogP contribution is 2.40. The van der Waals surface area contributed by atoms with E-state index in [0.717, 1.165) is 30.6 Å². The number of para-hydroxylation sites is 1. The number of aromatic nitrogens is 4. The van der Waals surface area contributed by atoms with Gasteiger partial charge in [-0.05, 0) is 50.1 Å². The third-order valence-electron chi connectivity index (χ3n) is 4.49. The summed E-state index contributed by atoms with van der Waals surface area (Å²) in [6, 6.07) is 5.57. The summed E-state index contributed by atoms with van der Waals surface area (Å²) < 4.78 is 7.79. The highest BCUT2D eigenvalue weighted by atomic mass is 16.5. The quantitative estimate of drug-likeness (QED) is 0.891. The van der Waals surface area contributed by atoms with Gasteiger partial charge in [-0.3, -0.25) is 0 Å². The second kappa shape index (κ2) is 5.72. The van der Waals surface area contributed by atoms with E-state index in [2.05, 4.69) is 26.2 Å². The molecule has 0 saturated heterocycles. The summed E-state index contributed by atoms with van der Waals surface area (Å²) in [5, 5.41) is 17.6. The number of ether oxygens (including phenoxy) is 1. The minimum absolute atomic E-state index is 0.254. The van der Waals surface area contributed by atoms with Gasteiger partial charge in [0.1, 0.15) is 11.4 Å². The number of nitrogens with one attached hydrogen (secondary N) is 2. The van der Waals surface area contributed by atoms with Crippen molar-refractivity contribution in [2.75, 3.05) is 5.32 Å². The Hall–Kier alpha value is -2.64. The molecular formula is C17H22N6O2. The molecule has 25 heavy (non-hydrogen) atoms. The van der Waals surface area contributed by atoms with E-state index in [4.69, 9.17) is 4.74 Å². The van der Waals surface area contributed by atoms with Crippen molar-refractivity contribution in [1.29, 1.82) is 0 Å². The van der Waals surface area contributed by atoms with Crippen LogP contribution in [0.1, 0.15) is 57.1 Å². The normalized spacial score (nSPS) is 19.0. The van der Waals surface area contributed by atoms with Crippen LogP contribution in [0.25, 0.3) is 0 Å². The zero-order chi connectivity index (χ0) is 17.6. The number of hydrogen-bond donors (Lipinski definition) is 2. The maximum absolute atomic E-state index is 12.4. The summed E-state index contributed by atoms with van der Waals surface area (Å²) in [5.41, 5.74) is 1.53. The Bertz CT molecular complexity index is 811. The van der Waals surface area contributed by atoms with E-state index < -0.39 is 0 Å². The Morgan fingerprint density at radius 2 is 2.20 bits per heavy atom. The van der Waals surface area contributed by atoms with Crippen LogP contribution in [0.4, 0.5) is 10.5 Å². The van der Waals surface area contributed by atoms with Crippen LogP contribution in [0.2, 0.25) is 0 Å². The number of amides is 2. The van der Waals surface area contributed by atoms with Gasteiger partial charge in [-0.15, -0.1) is 5.10 Å². The molecule has 1 aliphatic heterocycles. The number of nitrogens with zero attached hydrogens (tertiary/aromatic N) is 4. The number of carbonyl (C=O) groups excluding carboxylic acids is 1. The van der Waals surface area contributed by atoms with Gasteiger partial charge < -0.3 is 15.4 Å². The predicted octanol–water partition coefficient (Wildman–Crippen LogP) is 2.60. The van der Waals surface area contributed by atoms with Gasteiger partial charge >= 0.3 is 6.03 Å². The first-order valence-corrected chi connectivity index (χ1v) is 8.59. The Morgan fingerprint density at radius 3 is 2.96 bits per heavy atom. The lowest BCUT2D eigenvalue weighted by atomic mass is 10.0. The lowest BCUT2D eigenvalue weighted by Crippen LogP contribution is -2.33. The second-order valence-electron chi connectivity index (χ2n) is 7.37. The maximum Gasteiger partial charge on any atom is 0.319 e. The van der Waals surface area contributed by atoms with Crippen molar-refractivity contribution >= 4 is 11.7 Å². The van der Waals surface area contributed by atoms with Gasteiger partial charge in [0, 0.05) is 12.0 Å². The monoisotopic (exact) mass is 342 g/mol. The lowest BCUT2D eigenvalue weighted by molar-refractivity contribution is 0.139. The number of benzene rings is 1. The number of hydrogen-bond acceptors (Lipinski definition) is 5. The number of carbonyl (C=O) groups is 1. The molecule has 1 aromatic carbocycles. The minimum Gasteiger partial charge on any atom is -0.485 e. The average Bonchev–Trinajstić information content (AvgIpc) is 3.15. The molecule has 0 unspecified atom stereocenters. The molecule has 0 bridgehead atoms. The fourth-order valence-electron chi connectivity index (χ4n) is 3.20. The summed E-state index contributed by atoms with van der Waals surface area (Å²) in [4.78, 5) is 12.4. The Morgan fingerprint density at radius 1 is 1.40 bits per heavy atom. The summed E-state index contributed by atoms with van der Waals surface area (Å²) in [6.07, 6.45) is 2.99. The van der Waals surface area contributed by atoms with Crippen molar-refractivity contribution in [1.82, 2.24) is 25.5 Å². The van der Waals surface area contributed by atoms with Crippen molar-refractivity contribution < 1.29 is 9.53 Å². The molecule has 8 heteroatoms. The highest BCUT2D eigenvalue weighted by Gasteiger charge is 2.32. The summed E-state index contributed by atoms with van der Waals surface area (Å²) in [7, 11) is 0. The molecule has 1 aromatic heterocycles. The van der Waals surface area contributed by atoms with E-state index in [0.29, 0.717) is 17.6 Å². The molecule has 132 valence electrons. The molecule has 0 spiro atoms. The molecule has 2 heterocycles. The van der Waals surface area contributed by atoms with Crippen LogP contribution >= 0.6 is 0 Å². The number of rotatable bonds is 4. The van der Waals surface area contributed by atoms with Crippen molar-refractivity contribution in [2.24, 2.45) is 0 Å². The molecule has 2 N–H and O–H groups in total. The maximum atomic E-state index is 12.4. The smallest absolute Gasteiger partial charge is 0.319 e. The topological polar surface area (TPSA) is 94.0 Å². The van der Waals surface area contributed by atoms with Crippen molar-refractivity contribution in [2.45, 2.75) is 57.7 Å². The van der Waals surface area contributed by atoms with Crippen LogP contribution in [-0.2, 0) is 6.42 Å². The lowest BCUT2D eigenvalue weighted by Gasteiger charge is -2.19. The Kier molecular flexibility index (Phi) is 3.63. The molecule has 2 amide bonds. The molecule has 2 aliphatic rings. The number of anilines is 1. The van der Waals surface area contributed by atoms with Gasteiger partial charge in [0.2, 0.25) is 0 Å². The van der Waals surface area contributed by atoms with Crippen LogP contribution in [0.3, 0.4) is 0 Å². The van der Waals surface area contributed by atoms with Gasteiger partial charge in [-0.25, -0.2) is 9.48 Å². The van der Waals surface area contributed by atoms with Gasteiger partial charge in [-0.1, -0.05) is 12.1 Å². The average molecular weight is 342 g/mol. The van der Waals surface area contributed by atoms with Crippen LogP contribution in [0.5, 0.6) is 5.75 Å². The summed E-state index contributed by atoms with van der Waals surface area (Å²) in [5.74, 6) is 1.42. The van der Waals surface area contributed by atoms with Gasteiger partial charge in [0.25, 0.3) is 0 Å². The zero-order valence-electron chi connectivity index (χ0n) is 14.6. The van der Waals surface area contributed by atoms with E-state index in [1.807, 2.05) is 39.0 Å². The van der Waals surface area contributed by atoms with Crippen LogP contribution in [0.15, 0.2) is 18.2 Å².